The molecule has 0 bridgehead atoms. The van der Waals surface area contributed by atoms with Crippen LogP contribution in [-0.4, -0.2) is 19.5 Å². The van der Waals surface area contributed by atoms with Crippen LogP contribution in [0.15, 0.2) is 18.2 Å². The normalized spacial score (nSPS) is 16.7. The standard InChI is InChI=1S/C16H24N2O/c1-11(2)14(8-9-17)12-4-6-15-13(10-12)5-7-16(19)18(15)3/h4,6,10-11,14H,5,7-9,17H2,1-3H3. The lowest BCUT2D eigenvalue weighted by molar-refractivity contribution is -0.118. The fourth-order valence-corrected chi connectivity index (χ4v) is 2.97. The number of hydrogen-bond acceptors (Lipinski definition) is 2. The van der Waals surface area contributed by atoms with E-state index in [0.717, 1.165) is 25.1 Å². The van der Waals surface area contributed by atoms with Crippen LogP contribution >= 0.6 is 0 Å². The van der Waals surface area contributed by atoms with Gasteiger partial charge < -0.3 is 10.6 Å². The van der Waals surface area contributed by atoms with Crippen molar-refractivity contribution in [2.24, 2.45) is 11.7 Å². The first-order chi connectivity index (χ1) is 9.04. The van der Waals surface area contributed by atoms with Crippen molar-refractivity contribution in [2.75, 3.05) is 18.5 Å². The molecule has 1 aromatic rings. The summed E-state index contributed by atoms with van der Waals surface area (Å²) in [4.78, 5) is 13.5. The minimum Gasteiger partial charge on any atom is -0.330 e. The average molecular weight is 260 g/mol. The van der Waals surface area contributed by atoms with E-state index in [1.807, 2.05) is 7.05 Å². The molecule has 0 spiro atoms. The molecule has 1 atom stereocenters. The lowest BCUT2D eigenvalue weighted by Gasteiger charge is -2.28. The van der Waals surface area contributed by atoms with Gasteiger partial charge in [0.1, 0.15) is 0 Å². The van der Waals surface area contributed by atoms with Crippen molar-refractivity contribution in [3.8, 4) is 0 Å². The monoisotopic (exact) mass is 260 g/mol. The Labute approximate surface area is 115 Å². The van der Waals surface area contributed by atoms with Crippen molar-refractivity contribution in [1.29, 1.82) is 0 Å². The Kier molecular flexibility index (Phi) is 4.25. The predicted octanol–water partition coefficient (Wildman–Crippen LogP) is 2.68. The second-order valence-electron chi connectivity index (χ2n) is 5.77. The van der Waals surface area contributed by atoms with Crippen molar-refractivity contribution < 1.29 is 4.79 Å². The quantitative estimate of drug-likeness (QED) is 0.904. The fraction of sp³-hybridized carbons (Fsp3) is 0.562. The Morgan fingerprint density at radius 1 is 1.32 bits per heavy atom. The molecule has 1 unspecified atom stereocenters. The Bertz CT molecular complexity index is 468. The van der Waals surface area contributed by atoms with Gasteiger partial charge in [-0.05, 0) is 48.4 Å². The van der Waals surface area contributed by atoms with Crippen LogP contribution in [0.5, 0.6) is 0 Å². The third-order valence-corrected chi connectivity index (χ3v) is 4.16. The second kappa shape index (κ2) is 5.74. The molecule has 0 radical (unpaired) electrons. The molecule has 2 rings (SSSR count). The zero-order valence-corrected chi connectivity index (χ0v) is 12.1. The minimum atomic E-state index is 0.211. The van der Waals surface area contributed by atoms with Gasteiger partial charge in [-0.25, -0.2) is 0 Å². The van der Waals surface area contributed by atoms with Gasteiger partial charge in [-0.15, -0.1) is 0 Å². The molecule has 0 aromatic heterocycles. The average Bonchev–Trinajstić information content (AvgIpc) is 2.39. The largest absolute Gasteiger partial charge is 0.330 e. The predicted molar refractivity (Wildman–Crippen MR) is 79.4 cm³/mol. The van der Waals surface area contributed by atoms with E-state index in [1.165, 1.54) is 11.1 Å². The van der Waals surface area contributed by atoms with Crippen LogP contribution in [0.3, 0.4) is 0 Å². The van der Waals surface area contributed by atoms with Crippen LogP contribution in [0.4, 0.5) is 5.69 Å². The van der Waals surface area contributed by atoms with Crippen LogP contribution < -0.4 is 10.6 Å². The lowest BCUT2D eigenvalue weighted by atomic mass is 9.84. The number of hydrogen-bond donors (Lipinski definition) is 1. The first kappa shape index (κ1) is 14.1. The molecule has 0 fully saturated rings. The van der Waals surface area contributed by atoms with Crippen molar-refractivity contribution in [2.45, 2.75) is 39.0 Å². The third-order valence-electron chi connectivity index (χ3n) is 4.16. The highest BCUT2D eigenvalue weighted by Crippen LogP contribution is 2.33. The molecule has 2 N–H and O–H groups in total. The summed E-state index contributed by atoms with van der Waals surface area (Å²) in [7, 11) is 1.86. The van der Waals surface area contributed by atoms with E-state index in [0.29, 0.717) is 18.3 Å². The molecular formula is C16H24N2O. The van der Waals surface area contributed by atoms with Gasteiger partial charge in [0, 0.05) is 19.2 Å². The van der Waals surface area contributed by atoms with Gasteiger partial charge in [-0.3, -0.25) is 4.79 Å². The van der Waals surface area contributed by atoms with Crippen molar-refractivity contribution >= 4 is 11.6 Å². The SMILES string of the molecule is CC(C)C(CCN)c1ccc2c(c1)CCC(=O)N2C. The van der Waals surface area contributed by atoms with Crippen LogP contribution in [0.1, 0.15) is 43.7 Å². The maximum Gasteiger partial charge on any atom is 0.227 e. The molecule has 0 saturated carbocycles. The smallest absolute Gasteiger partial charge is 0.227 e. The van der Waals surface area contributed by atoms with Crippen LogP contribution in [0, 0.1) is 5.92 Å². The van der Waals surface area contributed by atoms with Crippen LogP contribution in [-0.2, 0) is 11.2 Å². The van der Waals surface area contributed by atoms with Crippen LogP contribution in [0.2, 0.25) is 0 Å². The van der Waals surface area contributed by atoms with Gasteiger partial charge >= 0.3 is 0 Å². The molecular weight excluding hydrogens is 236 g/mol. The van der Waals surface area contributed by atoms with Gasteiger partial charge in [-0.1, -0.05) is 26.0 Å². The fourth-order valence-electron chi connectivity index (χ4n) is 2.97. The number of benzene rings is 1. The van der Waals surface area contributed by atoms with Gasteiger partial charge in [-0.2, -0.15) is 0 Å². The van der Waals surface area contributed by atoms with E-state index in [1.54, 1.807) is 4.90 Å². The summed E-state index contributed by atoms with van der Waals surface area (Å²) < 4.78 is 0. The Balaban J connectivity index is 2.32. The van der Waals surface area contributed by atoms with Crippen molar-refractivity contribution in [3.05, 3.63) is 29.3 Å². The van der Waals surface area contributed by atoms with E-state index in [-0.39, 0.29) is 5.91 Å². The molecule has 1 aliphatic rings. The molecule has 1 aromatic carbocycles. The summed E-state index contributed by atoms with van der Waals surface area (Å²) in [5.74, 6) is 1.31. The topological polar surface area (TPSA) is 46.3 Å². The molecule has 19 heavy (non-hydrogen) atoms. The van der Waals surface area contributed by atoms with E-state index in [4.69, 9.17) is 5.73 Å². The summed E-state index contributed by atoms with van der Waals surface area (Å²) in [6.45, 7) is 5.21. The summed E-state index contributed by atoms with van der Waals surface area (Å²) in [6, 6.07) is 6.53. The maximum absolute atomic E-state index is 11.7. The maximum atomic E-state index is 11.7. The molecule has 1 amide bonds. The zero-order chi connectivity index (χ0) is 14.0. The second-order valence-corrected chi connectivity index (χ2v) is 5.77. The zero-order valence-electron chi connectivity index (χ0n) is 12.1. The molecule has 104 valence electrons. The first-order valence-corrected chi connectivity index (χ1v) is 7.14. The van der Waals surface area contributed by atoms with E-state index in [9.17, 15) is 4.79 Å². The van der Waals surface area contributed by atoms with E-state index >= 15 is 0 Å². The van der Waals surface area contributed by atoms with E-state index in [2.05, 4.69) is 32.0 Å². The Hall–Kier alpha value is -1.35. The van der Waals surface area contributed by atoms with Crippen molar-refractivity contribution in [1.82, 2.24) is 0 Å². The number of nitrogens with two attached hydrogens (primary N) is 1. The van der Waals surface area contributed by atoms with Gasteiger partial charge in [0.15, 0.2) is 0 Å². The number of rotatable bonds is 4. The van der Waals surface area contributed by atoms with Gasteiger partial charge in [0.2, 0.25) is 5.91 Å². The minimum absolute atomic E-state index is 0.211. The summed E-state index contributed by atoms with van der Waals surface area (Å²) in [5, 5.41) is 0. The molecule has 0 saturated heterocycles. The summed E-state index contributed by atoms with van der Waals surface area (Å²) >= 11 is 0. The van der Waals surface area contributed by atoms with Crippen LogP contribution in [0.25, 0.3) is 0 Å². The summed E-state index contributed by atoms with van der Waals surface area (Å²) in [6.07, 6.45) is 2.50. The number of aryl methyl sites for hydroxylation is 1. The van der Waals surface area contributed by atoms with Gasteiger partial charge in [0.05, 0.1) is 0 Å². The number of carbonyl (C=O) groups excluding carboxylic acids is 1. The lowest BCUT2D eigenvalue weighted by Crippen LogP contribution is -2.31. The molecule has 1 heterocycles. The Morgan fingerprint density at radius 3 is 2.68 bits per heavy atom. The molecule has 3 nitrogen and oxygen atoms in total. The third kappa shape index (κ3) is 2.81. The first-order valence-electron chi connectivity index (χ1n) is 7.14. The Morgan fingerprint density at radius 2 is 2.05 bits per heavy atom. The number of carbonyl (C=O) groups is 1. The molecule has 1 aliphatic heterocycles. The highest BCUT2D eigenvalue weighted by molar-refractivity contribution is 5.95. The van der Waals surface area contributed by atoms with Gasteiger partial charge in [0.25, 0.3) is 0 Å². The highest BCUT2D eigenvalue weighted by atomic mass is 16.2. The highest BCUT2D eigenvalue weighted by Gasteiger charge is 2.23. The molecule has 3 heteroatoms. The number of fused-ring (bicyclic) bond motifs is 1. The number of nitrogens with zero attached hydrogens (tertiary/aromatic N) is 1. The number of amides is 1. The summed E-state index contributed by atoms with van der Waals surface area (Å²) in [5.41, 5.74) is 9.45. The number of anilines is 1. The van der Waals surface area contributed by atoms with Crippen molar-refractivity contribution in [3.63, 3.8) is 0 Å². The molecule has 0 aliphatic carbocycles. The van der Waals surface area contributed by atoms with E-state index < -0.39 is 0 Å².